The normalized spacial score (nSPS) is 10.7. The first-order valence-electron chi connectivity index (χ1n) is 5.77. The Morgan fingerprint density at radius 1 is 1.44 bits per heavy atom. The van der Waals surface area contributed by atoms with Crippen LogP contribution in [-0.2, 0) is 4.79 Å². The molecule has 0 atom stereocenters. The van der Waals surface area contributed by atoms with Crippen molar-refractivity contribution in [1.29, 1.82) is 0 Å². The monoisotopic (exact) mass is 286 g/mol. The second-order valence-electron chi connectivity index (χ2n) is 4.36. The maximum Gasteiger partial charge on any atom is 0.234 e. The Morgan fingerprint density at radius 3 is 2.78 bits per heavy atom. The maximum absolute atomic E-state index is 11.7. The van der Waals surface area contributed by atoms with Crippen molar-refractivity contribution in [1.82, 2.24) is 4.90 Å². The second-order valence-corrected chi connectivity index (χ2v) is 5.90. The number of carbonyl (C=O) groups is 1. The fourth-order valence-corrected chi connectivity index (χ4v) is 2.49. The van der Waals surface area contributed by atoms with Crippen molar-refractivity contribution >= 4 is 35.0 Å². The minimum absolute atomic E-state index is 0.0316. The molecule has 0 radical (unpaired) electrons. The number of nitrogens with one attached hydrogen (secondary N) is 1. The van der Waals surface area contributed by atoms with Crippen LogP contribution in [0.25, 0.3) is 0 Å². The van der Waals surface area contributed by atoms with E-state index >= 15 is 0 Å². The zero-order chi connectivity index (χ0) is 13.5. The number of thioether (sulfide) groups is 1. The molecule has 0 aliphatic rings. The number of hydrogen-bond acceptors (Lipinski definition) is 3. The minimum atomic E-state index is 0.0316. The number of halogens is 1. The van der Waals surface area contributed by atoms with Crippen molar-refractivity contribution in [3.63, 3.8) is 0 Å². The van der Waals surface area contributed by atoms with Crippen LogP contribution < -0.4 is 5.32 Å². The van der Waals surface area contributed by atoms with Crippen molar-refractivity contribution < 1.29 is 4.79 Å². The van der Waals surface area contributed by atoms with Crippen LogP contribution in [-0.4, -0.2) is 43.0 Å². The summed E-state index contributed by atoms with van der Waals surface area (Å²) in [5.41, 5.74) is 1.81. The first-order chi connectivity index (χ1) is 8.49. The quantitative estimate of drug-likeness (QED) is 0.816. The fraction of sp³-hybridized carbons (Fsp3) is 0.462. The number of nitrogens with zero attached hydrogens (tertiary/aromatic N) is 1. The van der Waals surface area contributed by atoms with Gasteiger partial charge in [0.1, 0.15) is 0 Å². The summed E-state index contributed by atoms with van der Waals surface area (Å²) in [5.74, 6) is 1.47. The Balaban J connectivity index is 2.35. The molecule has 1 amide bonds. The van der Waals surface area contributed by atoms with E-state index in [0.717, 1.165) is 23.5 Å². The van der Waals surface area contributed by atoms with Gasteiger partial charge in [-0.15, -0.1) is 0 Å². The van der Waals surface area contributed by atoms with Crippen molar-refractivity contribution in [2.75, 3.05) is 37.5 Å². The van der Waals surface area contributed by atoms with Gasteiger partial charge in [0.15, 0.2) is 0 Å². The molecule has 18 heavy (non-hydrogen) atoms. The van der Waals surface area contributed by atoms with Gasteiger partial charge in [0, 0.05) is 23.0 Å². The molecule has 0 heterocycles. The van der Waals surface area contributed by atoms with Crippen molar-refractivity contribution in [2.24, 2.45) is 0 Å². The second kappa shape index (κ2) is 7.67. The summed E-state index contributed by atoms with van der Waals surface area (Å²) in [4.78, 5) is 13.8. The highest BCUT2D eigenvalue weighted by Crippen LogP contribution is 2.19. The van der Waals surface area contributed by atoms with Crippen molar-refractivity contribution in [3.8, 4) is 0 Å². The molecular formula is C13H19ClN2OS. The molecule has 100 valence electrons. The molecule has 1 rings (SSSR count). The summed E-state index contributed by atoms with van der Waals surface area (Å²) in [5, 5.41) is 3.58. The average Bonchev–Trinajstić information content (AvgIpc) is 2.28. The van der Waals surface area contributed by atoms with Gasteiger partial charge in [0.05, 0.1) is 5.75 Å². The summed E-state index contributed by atoms with van der Waals surface area (Å²) in [6, 6.07) is 5.46. The van der Waals surface area contributed by atoms with Gasteiger partial charge in [-0.05, 0) is 44.8 Å². The number of benzene rings is 1. The van der Waals surface area contributed by atoms with Gasteiger partial charge >= 0.3 is 0 Å². The third kappa shape index (κ3) is 5.76. The largest absolute Gasteiger partial charge is 0.325 e. The maximum atomic E-state index is 11.7. The molecule has 0 aliphatic carbocycles. The minimum Gasteiger partial charge on any atom is -0.325 e. The Bertz CT molecular complexity index is 410. The molecule has 0 aromatic heterocycles. The van der Waals surface area contributed by atoms with Gasteiger partial charge in [-0.2, -0.15) is 11.8 Å². The standard InChI is InChI=1S/C13H19ClN2OS/c1-10-8-11(14)4-5-12(10)15-13(17)9-18-7-6-16(2)3/h4-5,8H,6-7,9H2,1-3H3,(H,15,17). The van der Waals surface area contributed by atoms with Crippen LogP contribution in [0.4, 0.5) is 5.69 Å². The summed E-state index contributed by atoms with van der Waals surface area (Å²) in [6.07, 6.45) is 0. The van der Waals surface area contributed by atoms with E-state index in [1.165, 1.54) is 0 Å². The predicted molar refractivity (Wildman–Crippen MR) is 80.7 cm³/mol. The van der Waals surface area contributed by atoms with Gasteiger partial charge < -0.3 is 10.2 Å². The van der Waals surface area contributed by atoms with Crippen LogP contribution in [0.15, 0.2) is 18.2 Å². The van der Waals surface area contributed by atoms with E-state index in [-0.39, 0.29) is 5.91 Å². The molecule has 0 unspecified atom stereocenters. The summed E-state index contributed by atoms with van der Waals surface area (Å²) in [7, 11) is 4.05. The fourth-order valence-electron chi connectivity index (χ4n) is 1.37. The third-order valence-electron chi connectivity index (χ3n) is 2.38. The van der Waals surface area contributed by atoms with E-state index in [2.05, 4.69) is 10.2 Å². The lowest BCUT2D eigenvalue weighted by Gasteiger charge is -2.10. The number of carbonyl (C=O) groups excluding carboxylic acids is 1. The van der Waals surface area contributed by atoms with Gasteiger partial charge in [-0.1, -0.05) is 11.6 Å². The van der Waals surface area contributed by atoms with Crippen LogP contribution in [0.2, 0.25) is 5.02 Å². The van der Waals surface area contributed by atoms with E-state index in [1.807, 2.05) is 33.2 Å². The van der Waals surface area contributed by atoms with Gasteiger partial charge in [-0.3, -0.25) is 4.79 Å². The van der Waals surface area contributed by atoms with E-state index in [9.17, 15) is 4.79 Å². The molecule has 3 nitrogen and oxygen atoms in total. The Morgan fingerprint density at radius 2 is 2.17 bits per heavy atom. The first kappa shape index (κ1) is 15.3. The predicted octanol–water partition coefficient (Wildman–Crippen LogP) is 2.88. The number of aryl methyl sites for hydroxylation is 1. The van der Waals surface area contributed by atoms with E-state index < -0.39 is 0 Å². The highest BCUT2D eigenvalue weighted by molar-refractivity contribution is 7.99. The average molecular weight is 287 g/mol. The number of anilines is 1. The number of hydrogen-bond donors (Lipinski definition) is 1. The Kier molecular flexibility index (Phi) is 6.54. The molecule has 1 aromatic carbocycles. The molecule has 0 saturated carbocycles. The lowest BCUT2D eigenvalue weighted by Crippen LogP contribution is -2.18. The van der Waals surface area contributed by atoms with Crippen molar-refractivity contribution in [3.05, 3.63) is 28.8 Å². The van der Waals surface area contributed by atoms with E-state index in [1.54, 1.807) is 17.8 Å². The summed E-state index contributed by atoms with van der Waals surface area (Å²) >= 11 is 7.50. The SMILES string of the molecule is Cc1cc(Cl)ccc1NC(=O)CSCCN(C)C. The molecule has 0 bridgehead atoms. The van der Waals surface area contributed by atoms with Crippen LogP contribution in [0.5, 0.6) is 0 Å². The topological polar surface area (TPSA) is 32.3 Å². The number of amides is 1. The molecule has 5 heteroatoms. The van der Waals surface area contributed by atoms with Gasteiger partial charge in [0.2, 0.25) is 5.91 Å². The van der Waals surface area contributed by atoms with Crippen LogP contribution in [0.1, 0.15) is 5.56 Å². The smallest absolute Gasteiger partial charge is 0.234 e. The highest BCUT2D eigenvalue weighted by atomic mass is 35.5. The molecule has 0 saturated heterocycles. The third-order valence-corrected chi connectivity index (χ3v) is 3.55. The van der Waals surface area contributed by atoms with E-state index in [0.29, 0.717) is 10.8 Å². The molecule has 1 aromatic rings. The van der Waals surface area contributed by atoms with Crippen LogP contribution >= 0.6 is 23.4 Å². The zero-order valence-electron chi connectivity index (χ0n) is 11.0. The zero-order valence-corrected chi connectivity index (χ0v) is 12.6. The Labute approximate surface area is 118 Å². The van der Waals surface area contributed by atoms with Crippen LogP contribution in [0, 0.1) is 6.92 Å². The Hall–Kier alpha value is -0.710. The lowest BCUT2D eigenvalue weighted by atomic mass is 10.2. The molecule has 1 N–H and O–H groups in total. The van der Waals surface area contributed by atoms with Gasteiger partial charge in [0.25, 0.3) is 0 Å². The highest BCUT2D eigenvalue weighted by Gasteiger charge is 2.05. The van der Waals surface area contributed by atoms with Gasteiger partial charge in [-0.25, -0.2) is 0 Å². The summed E-state index contributed by atoms with van der Waals surface area (Å²) < 4.78 is 0. The van der Waals surface area contributed by atoms with E-state index in [4.69, 9.17) is 11.6 Å². The van der Waals surface area contributed by atoms with Crippen LogP contribution in [0.3, 0.4) is 0 Å². The lowest BCUT2D eigenvalue weighted by molar-refractivity contribution is -0.113. The molecule has 0 spiro atoms. The molecule has 0 aliphatic heterocycles. The molecule has 0 fully saturated rings. The number of rotatable bonds is 6. The van der Waals surface area contributed by atoms with Crippen molar-refractivity contribution in [2.45, 2.75) is 6.92 Å². The first-order valence-corrected chi connectivity index (χ1v) is 7.31. The molecular weight excluding hydrogens is 268 g/mol. The summed E-state index contributed by atoms with van der Waals surface area (Å²) in [6.45, 7) is 2.92.